The Morgan fingerprint density at radius 1 is 1.40 bits per heavy atom. The summed E-state index contributed by atoms with van der Waals surface area (Å²) in [5.41, 5.74) is 6.00. The van der Waals surface area contributed by atoms with Gasteiger partial charge in [-0.2, -0.15) is 0 Å². The minimum absolute atomic E-state index is 0.0600. The van der Waals surface area contributed by atoms with Crippen molar-refractivity contribution in [3.05, 3.63) is 35.9 Å². The largest absolute Gasteiger partial charge is 0.368 e. The molecule has 1 saturated heterocycles. The van der Waals surface area contributed by atoms with E-state index in [1.807, 2.05) is 37.3 Å². The molecule has 1 aliphatic heterocycles. The minimum Gasteiger partial charge on any atom is -0.368 e. The highest BCUT2D eigenvalue weighted by molar-refractivity contribution is 5.95. The van der Waals surface area contributed by atoms with Crippen molar-refractivity contribution in [3.8, 4) is 0 Å². The lowest BCUT2D eigenvalue weighted by Crippen LogP contribution is -2.56. The molecule has 3 atom stereocenters. The van der Waals surface area contributed by atoms with Crippen molar-refractivity contribution in [2.75, 3.05) is 0 Å². The number of likely N-dealkylation sites (tertiary alicyclic amines) is 1. The van der Waals surface area contributed by atoms with Gasteiger partial charge >= 0.3 is 0 Å². The van der Waals surface area contributed by atoms with E-state index in [1.54, 1.807) is 4.90 Å². The van der Waals surface area contributed by atoms with Crippen LogP contribution in [0.15, 0.2) is 30.3 Å². The highest BCUT2D eigenvalue weighted by Crippen LogP contribution is 2.50. The average molecular weight is 272 g/mol. The molecule has 4 nitrogen and oxygen atoms in total. The first kappa shape index (κ1) is 13.2. The topological polar surface area (TPSA) is 63.4 Å². The SMILES string of the molecule is CC(c1ccccc1)N1C(=O)C[C@H]2CCC[C@]21C(N)=O. The zero-order valence-electron chi connectivity index (χ0n) is 11.7. The molecule has 1 aromatic carbocycles. The molecule has 2 fully saturated rings. The summed E-state index contributed by atoms with van der Waals surface area (Å²) in [5, 5.41) is 0. The van der Waals surface area contributed by atoms with Crippen LogP contribution in [0.25, 0.3) is 0 Å². The van der Waals surface area contributed by atoms with Crippen LogP contribution in [0.3, 0.4) is 0 Å². The molecule has 106 valence electrons. The van der Waals surface area contributed by atoms with E-state index in [0.29, 0.717) is 12.8 Å². The maximum absolute atomic E-state index is 12.4. The van der Waals surface area contributed by atoms with E-state index in [2.05, 4.69) is 0 Å². The summed E-state index contributed by atoms with van der Waals surface area (Å²) in [7, 11) is 0. The first-order valence-corrected chi connectivity index (χ1v) is 7.24. The van der Waals surface area contributed by atoms with Crippen molar-refractivity contribution in [2.24, 2.45) is 11.7 Å². The molecule has 3 rings (SSSR count). The van der Waals surface area contributed by atoms with Gasteiger partial charge in [0, 0.05) is 6.42 Å². The molecule has 0 spiro atoms. The zero-order valence-corrected chi connectivity index (χ0v) is 11.7. The normalized spacial score (nSPS) is 30.4. The molecule has 0 radical (unpaired) electrons. The van der Waals surface area contributed by atoms with Gasteiger partial charge in [0.2, 0.25) is 11.8 Å². The number of primary amides is 1. The lowest BCUT2D eigenvalue weighted by molar-refractivity contribution is -0.143. The fraction of sp³-hybridized carbons (Fsp3) is 0.500. The third-order valence-electron chi connectivity index (χ3n) is 5.00. The lowest BCUT2D eigenvalue weighted by Gasteiger charge is -2.40. The van der Waals surface area contributed by atoms with E-state index in [4.69, 9.17) is 5.73 Å². The molecule has 1 aliphatic carbocycles. The van der Waals surface area contributed by atoms with Gasteiger partial charge in [-0.05, 0) is 31.2 Å². The van der Waals surface area contributed by atoms with Crippen molar-refractivity contribution in [3.63, 3.8) is 0 Å². The van der Waals surface area contributed by atoms with Crippen LogP contribution in [0.4, 0.5) is 0 Å². The summed E-state index contributed by atoms with van der Waals surface area (Å²) in [6.45, 7) is 1.98. The van der Waals surface area contributed by atoms with Gasteiger partial charge in [0.15, 0.2) is 0 Å². The number of rotatable bonds is 3. The van der Waals surface area contributed by atoms with Gasteiger partial charge in [-0.25, -0.2) is 0 Å². The number of benzene rings is 1. The highest BCUT2D eigenvalue weighted by atomic mass is 16.2. The van der Waals surface area contributed by atoms with Crippen molar-refractivity contribution < 1.29 is 9.59 Å². The third kappa shape index (κ3) is 1.67. The predicted molar refractivity (Wildman–Crippen MR) is 75.6 cm³/mol. The average Bonchev–Trinajstić information content (AvgIpc) is 2.95. The minimum atomic E-state index is -0.758. The van der Waals surface area contributed by atoms with Crippen LogP contribution >= 0.6 is 0 Å². The molecule has 1 aromatic rings. The van der Waals surface area contributed by atoms with E-state index in [0.717, 1.165) is 18.4 Å². The van der Waals surface area contributed by atoms with Crippen LogP contribution in [0.2, 0.25) is 0 Å². The number of carbonyl (C=O) groups excluding carboxylic acids is 2. The Morgan fingerprint density at radius 2 is 2.10 bits per heavy atom. The van der Waals surface area contributed by atoms with Crippen LogP contribution < -0.4 is 5.73 Å². The molecule has 0 aromatic heterocycles. The predicted octanol–water partition coefficient (Wildman–Crippen LogP) is 2.00. The fourth-order valence-corrected chi connectivity index (χ4v) is 4.07. The Morgan fingerprint density at radius 3 is 2.75 bits per heavy atom. The monoisotopic (exact) mass is 272 g/mol. The van der Waals surface area contributed by atoms with Gasteiger partial charge in [0.25, 0.3) is 0 Å². The standard InChI is InChI=1S/C16H20N2O2/c1-11(12-6-3-2-4-7-12)18-14(19)10-13-8-5-9-16(13,18)15(17)20/h2-4,6-7,11,13H,5,8-10H2,1H3,(H2,17,20)/t11?,13-,16-/m1/s1. The maximum Gasteiger partial charge on any atom is 0.243 e. The van der Waals surface area contributed by atoms with Gasteiger partial charge in [-0.3, -0.25) is 9.59 Å². The highest BCUT2D eigenvalue weighted by Gasteiger charge is 2.60. The Hall–Kier alpha value is -1.84. The maximum atomic E-state index is 12.4. The van der Waals surface area contributed by atoms with Gasteiger partial charge < -0.3 is 10.6 Å². The van der Waals surface area contributed by atoms with Crippen molar-refractivity contribution >= 4 is 11.8 Å². The molecule has 1 unspecified atom stereocenters. The molecular weight excluding hydrogens is 252 g/mol. The number of hydrogen-bond acceptors (Lipinski definition) is 2. The molecule has 1 heterocycles. The molecule has 20 heavy (non-hydrogen) atoms. The lowest BCUT2D eigenvalue weighted by atomic mass is 9.86. The quantitative estimate of drug-likeness (QED) is 0.914. The van der Waals surface area contributed by atoms with Crippen molar-refractivity contribution in [1.29, 1.82) is 0 Å². The van der Waals surface area contributed by atoms with Gasteiger partial charge in [-0.1, -0.05) is 36.8 Å². The Kier molecular flexibility index (Phi) is 3.04. The second-order valence-electron chi connectivity index (χ2n) is 5.93. The van der Waals surface area contributed by atoms with Gasteiger partial charge in [-0.15, -0.1) is 0 Å². The number of amides is 2. The molecular formula is C16H20N2O2. The van der Waals surface area contributed by atoms with Crippen LogP contribution in [0, 0.1) is 5.92 Å². The second-order valence-corrected chi connectivity index (χ2v) is 5.93. The van der Waals surface area contributed by atoms with E-state index in [9.17, 15) is 9.59 Å². The van der Waals surface area contributed by atoms with Crippen LogP contribution in [-0.2, 0) is 9.59 Å². The number of nitrogens with two attached hydrogens (primary N) is 1. The van der Waals surface area contributed by atoms with Crippen LogP contribution in [0.1, 0.15) is 44.2 Å². The smallest absolute Gasteiger partial charge is 0.243 e. The summed E-state index contributed by atoms with van der Waals surface area (Å²) in [6.07, 6.45) is 3.06. The summed E-state index contributed by atoms with van der Waals surface area (Å²) >= 11 is 0. The Balaban J connectivity index is 2.02. The molecule has 2 amide bonds. The van der Waals surface area contributed by atoms with E-state index >= 15 is 0 Å². The van der Waals surface area contributed by atoms with Gasteiger partial charge in [0.05, 0.1) is 6.04 Å². The summed E-state index contributed by atoms with van der Waals surface area (Å²) in [6, 6.07) is 9.73. The fourth-order valence-electron chi connectivity index (χ4n) is 4.07. The van der Waals surface area contributed by atoms with Gasteiger partial charge in [0.1, 0.15) is 5.54 Å². The van der Waals surface area contributed by atoms with E-state index in [-0.39, 0.29) is 23.8 Å². The van der Waals surface area contributed by atoms with E-state index < -0.39 is 5.54 Å². The Labute approximate surface area is 118 Å². The number of carbonyl (C=O) groups is 2. The zero-order chi connectivity index (χ0) is 14.3. The van der Waals surface area contributed by atoms with Crippen LogP contribution in [0.5, 0.6) is 0 Å². The van der Waals surface area contributed by atoms with Crippen molar-refractivity contribution in [1.82, 2.24) is 4.90 Å². The van der Waals surface area contributed by atoms with E-state index in [1.165, 1.54) is 0 Å². The van der Waals surface area contributed by atoms with Crippen molar-refractivity contribution in [2.45, 2.75) is 44.2 Å². The number of hydrogen-bond donors (Lipinski definition) is 1. The summed E-state index contributed by atoms with van der Waals surface area (Å²) < 4.78 is 0. The first-order valence-electron chi connectivity index (χ1n) is 7.24. The third-order valence-corrected chi connectivity index (χ3v) is 5.00. The second kappa shape index (κ2) is 4.62. The number of nitrogens with zero attached hydrogens (tertiary/aromatic N) is 1. The van der Waals surface area contributed by atoms with Crippen LogP contribution in [-0.4, -0.2) is 22.3 Å². The summed E-state index contributed by atoms with van der Waals surface area (Å²) in [4.78, 5) is 26.3. The molecule has 0 bridgehead atoms. The first-order chi connectivity index (χ1) is 9.57. The molecule has 2 N–H and O–H groups in total. The molecule has 1 saturated carbocycles. The molecule has 2 aliphatic rings. The number of fused-ring (bicyclic) bond motifs is 1. The summed E-state index contributed by atoms with van der Waals surface area (Å²) in [5.74, 6) is -0.183. The molecule has 4 heteroatoms. The Bertz CT molecular complexity index is 543.